The van der Waals surface area contributed by atoms with Crippen molar-refractivity contribution in [2.45, 2.75) is 51.4 Å². The number of amides is 3. The van der Waals surface area contributed by atoms with Crippen molar-refractivity contribution in [3.63, 3.8) is 0 Å². The van der Waals surface area contributed by atoms with Gasteiger partial charge in [-0.25, -0.2) is 0 Å². The predicted octanol–water partition coefficient (Wildman–Crippen LogP) is 2.43. The van der Waals surface area contributed by atoms with E-state index in [2.05, 4.69) is 17.6 Å². The fourth-order valence-electron chi connectivity index (χ4n) is 8.80. The van der Waals surface area contributed by atoms with Gasteiger partial charge in [-0.3, -0.25) is 19.8 Å². The highest BCUT2D eigenvalue weighted by Crippen LogP contribution is 2.73. The lowest BCUT2D eigenvalue weighted by Gasteiger charge is -2.55. The average Bonchev–Trinajstić information content (AvgIpc) is 3.23. The van der Waals surface area contributed by atoms with E-state index in [1.165, 1.54) is 19.3 Å². The molecule has 1 spiro atoms. The predicted molar refractivity (Wildman–Crippen MR) is 95.4 cm³/mol. The van der Waals surface area contributed by atoms with Crippen molar-refractivity contribution in [3.8, 4) is 0 Å². The van der Waals surface area contributed by atoms with Crippen molar-refractivity contribution < 1.29 is 14.4 Å². The number of nitrogens with zero attached hydrogens (tertiary/aromatic N) is 1. The summed E-state index contributed by atoms with van der Waals surface area (Å²) < 4.78 is 0. The second kappa shape index (κ2) is 4.49. The van der Waals surface area contributed by atoms with Gasteiger partial charge in [-0.1, -0.05) is 12.2 Å². The van der Waals surface area contributed by atoms with Gasteiger partial charge in [-0.2, -0.15) is 5.01 Å². The van der Waals surface area contributed by atoms with Crippen LogP contribution in [0.4, 0.5) is 0 Å². The van der Waals surface area contributed by atoms with Crippen LogP contribution in [0.2, 0.25) is 0 Å². The normalized spacial score (nSPS) is 52.1. The standard InChI is InChI=1S/C22H26N2O3/c25-18-16-14-1-2-15(22(14)3-4-22)17(16)19(26)24(18)23-20(27)21-8-11-5-12(9-21)7-13(6-11)10-21/h1-2,11-17H,3-10H2,(H,23,27)/t11?,12?,13?,14-,15-,16+,17+,21?/m1/s1. The molecule has 0 unspecified atom stereocenters. The van der Waals surface area contributed by atoms with Crippen molar-refractivity contribution >= 4 is 17.7 Å². The van der Waals surface area contributed by atoms with Crippen molar-refractivity contribution in [2.24, 2.45) is 52.3 Å². The number of allylic oxidation sites excluding steroid dienone is 2. The van der Waals surface area contributed by atoms with Crippen LogP contribution in [0.15, 0.2) is 12.2 Å². The molecule has 0 aromatic carbocycles. The summed E-state index contributed by atoms with van der Waals surface area (Å²) in [5.41, 5.74) is 2.72. The molecule has 1 N–H and O–H groups in total. The van der Waals surface area contributed by atoms with E-state index in [9.17, 15) is 14.4 Å². The molecule has 1 heterocycles. The number of carbonyl (C=O) groups is 3. The van der Waals surface area contributed by atoms with Crippen LogP contribution in [0.25, 0.3) is 0 Å². The first-order valence-corrected chi connectivity index (χ1v) is 10.9. The fourth-order valence-corrected chi connectivity index (χ4v) is 8.80. The van der Waals surface area contributed by atoms with Crippen molar-refractivity contribution in [1.29, 1.82) is 0 Å². The highest BCUT2D eigenvalue weighted by Gasteiger charge is 2.73. The molecule has 8 rings (SSSR count). The van der Waals surface area contributed by atoms with Crippen molar-refractivity contribution in [2.75, 3.05) is 0 Å². The molecule has 7 aliphatic carbocycles. The number of carbonyl (C=O) groups excluding carboxylic acids is 3. The lowest BCUT2D eigenvalue weighted by atomic mass is 9.49. The van der Waals surface area contributed by atoms with E-state index in [1.54, 1.807) is 0 Å². The Hall–Kier alpha value is -1.65. The maximum atomic E-state index is 13.3. The van der Waals surface area contributed by atoms with Gasteiger partial charge in [0.2, 0.25) is 5.91 Å². The molecule has 1 aliphatic heterocycles. The second-order valence-electron chi connectivity index (χ2n) is 10.9. The number of rotatable bonds is 2. The summed E-state index contributed by atoms with van der Waals surface area (Å²) in [6.45, 7) is 0. The SMILES string of the molecule is O=C1[C@@H]2[C@@H](C(=O)N1NC(=O)C13CC4CC(CC(C4)C1)C3)[C@H]1C=C[C@H]2C12CC2. The zero-order valence-corrected chi connectivity index (χ0v) is 15.5. The zero-order valence-electron chi connectivity index (χ0n) is 15.5. The van der Waals surface area contributed by atoms with Gasteiger partial charge >= 0.3 is 0 Å². The molecule has 3 amide bonds. The van der Waals surface area contributed by atoms with Gasteiger partial charge in [0.1, 0.15) is 0 Å². The number of hydrazine groups is 1. The summed E-state index contributed by atoms with van der Waals surface area (Å²) >= 11 is 0. The quantitative estimate of drug-likeness (QED) is 0.603. The minimum Gasteiger partial charge on any atom is -0.273 e. The van der Waals surface area contributed by atoms with Crippen molar-refractivity contribution in [3.05, 3.63) is 12.2 Å². The van der Waals surface area contributed by atoms with Crippen LogP contribution in [0.5, 0.6) is 0 Å². The Morgan fingerprint density at radius 2 is 1.37 bits per heavy atom. The lowest BCUT2D eigenvalue weighted by Crippen LogP contribution is -2.58. The maximum absolute atomic E-state index is 13.3. The van der Waals surface area contributed by atoms with E-state index >= 15 is 0 Å². The summed E-state index contributed by atoms with van der Waals surface area (Å²) in [6.07, 6.45) is 13.3. The first-order chi connectivity index (χ1) is 13.0. The molecule has 1 saturated heterocycles. The van der Waals surface area contributed by atoms with Gasteiger partial charge in [0, 0.05) is 0 Å². The van der Waals surface area contributed by atoms with E-state index < -0.39 is 0 Å². The highest BCUT2D eigenvalue weighted by atomic mass is 16.2. The third kappa shape index (κ3) is 1.67. The molecule has 8 aliphatic rings. The molecule has 0 aromatic heterocycles. The first kappa shape index (κ1) is 15.3. The first-order valence-electron chi connectivity index (χ1n) is 10.9. The summed E-state index contributed by atoms with van der Waals surface area (Å²) in [7, 11) is 0. The molecular weight excluding hydrogens is 340 g/mol. The monoisotopic (exact) mass is 366 g/mol. The van der Waals surface area contributed by atoms with E-state index in [1.807, 2.05) is 0 Å². The highest BCUT2D eigenvalue weighted by molar-refractivity contribution is 6.08. The van der Waals surface area contributed by atoms with E-state index in [0.29, 0.717) is 17.8 Å². The van der Waals surface area contributed by atoms with Gasteiger partial charge in [0.15, 0.2) is 0 Å². The third-order valence-corrected chi connectivity index (χ3v) is 9.59. The molecule has 6 saturated carbocycles. The van der Waals surface area contributed by atoms with E-state index in [-0.39, 0.29) is 52.2 Å². The number of nitrogens with one attached hydrogen (secondary N) is 1. The Bertz CT molecular complexity index is 756. The minimum atomic E-state index is -0.331. The molecule has 7 fully saturated rings. The Morgan fingerprint density at radius 3 is 1.81 bits per heavy atom. The lowest BCUT2D eigenvalue weighted by molar-refractivity contribution is -0.160. The second-order valence-corrected chi connectivity index (χ2v) is 10.9. The molecule has 27 heavy (non-hydrogen) atoms. The molecule has 5 heteroatoms. The fraction of sp³-hybridized carbons (Fsp3) is 0.773. The van der Waals surface area contributed by atoms with Crippen LogP contribution in [-0.2, 0) is 14.4 Å². The number of hydrogen-bond donors (Lipinski definition) is 1. The third-order valence-electron chi connectivity index (χ3n) is 9.59. The topological polar surface area (TPSA) is 66.5 Å². The van der Waals surface area contributed by atoms with Crippen LogP contribution in [0.1, 0.15) is 51.4 Å². The minimum absolute atomic E-state index is 0.0512. The van der Waals surface area contributed by atoms with E-state index in [4.69, 9.17) is 0 Å². The summed E-state index contributed by atoms with van der Waals surface area (Å²) in [4.78, 5) is 39.6. The van der Waals surface area contributed by atoms with Crippen LogP contribution < -0.4 is 5.43 Å². The van der Waals surface area contributed by atoms with Gasteiger partial charge < -0.3 is 0 Å². The summed E-state index contributed by atoms with van der Waals surface area (Å²) in [6, 6.07) is 0. The molecule has 142 valence electrons. The van der Waals surface area contributed by atoms with Crippen LogP contribution in [0.3, 0.4) is 0 Å². The van der Waals surface area contributed by atoms with Gasteiger partial charge in [0.25, 0.3) is 11.8 Å². The smallest absolute Gasteiger partial charge is 0.252 e. The summed E-state index contributed by atoms with van der Waals surface area (Å²) in [5, 5.41) is 1.14. The van der Waals surface area contributed by atoms with Crippen LogP contribution in [-0.4, -0.2) is 22.7 Å². The van der Waals surface area contributed by atoms with Gasteiger partial charge in [0.05, 0.1) is 17.3 Å². The number of fused-ring (bicyclic) bond motifs is 3. The average molecular weight is 366 g/mol. The molecule has 6 bridgehead atoms. The Balaban J connectivity index is 1.16. The maximum Gasteiger partial charge on any atom is 0.252 e. The van der Waals surface area contributed by atoms with Gasteiger partial charge in [-0.15, -0.1) is 0 Å². The Kier molecular flexibility index (Phi) is 2.55. The van der Waals surface area contributed by atoms with Crippen LogP contribution >= 0.6 is 0 Å². The van der Waals surface area contributed by atoms with Crippen LogP contribution in [0, 0.1) is 52.3 Å². The molecule has 4 atom stereocenters. The Morgan fingerprint density at radius 1 is 0.889 bits per heavy atom. The largest absolute Gasteiger partial charge is 0.273 e. The summed E-state index contributed by atoms with van der Waals surface area (Å²) in [5.74, 6) is 1.62. The molecule has 0 aromatic rings. The van der Waals surface area contributed by atoms with Gasteiger partial charge in [-0.05, 0) is 86.4 Å². The Labute approximate surface area is 158 Å². The molecular formula is C22H26N2O3. The van der Waals surface area contributed by atoms with E-state index in [0.717, 1.165) is 37.1 Å². The number of hydrogen-bond acceptors (Lipinski definition) is 3. The molecule has 5 nitrogen and oxygen atoms in total. The molecule has 0 radical (unpaired) electrons. The number of imide groups is 1. The zero-order chi connectivity index (χ0) is 18.1. The van der Waals surface area contributed by atoms with Crippen molar-refractivity contribution in [1.82, 2.24) is 10.4 Å².